The summed E-state index contributed by atoms with van der Waals surface area (Å²) >= 11 is 0. The second kappa shape index (κ2) is 7.90. The molecular weight excluding hydrogens is 380 g/mol. The molecule has 1 aliphatic rings. The van der Waals surface area contributed by atoms with Crippen LogP contribution in [0.25, 0.3) is 22.4 Å². The molecule has 0 atom stereocenters. The molecule has 1 amide bonds. The number of nitrogens with zero attached hydrogens (tertiary/aromatic N) is 6. The molecule has 4 heterocycles. The van der Waals surface area contributed by atoms with Crippen LogP contribution in [0.1, 0.15) is 5.69 Å². The van der Waals surface area contributed by atoms with Gasteiger partial charge in [-0.3, -0.25) is 9.78 Å². The van der Waals surface area contributed by atoms with Crippen LogP contribution in [-0.4, -0.2) is 57.3 Å². The molecule has 150 valence electrons. The predicted octanol–water partition coefficient (Wildman–Crippen LogP) is 2.57. The number of carbonyl (C=O) groups is 1. The van der Waals surface area contributed by atoms with Crippen LogP contribution in [-0.2, 0) is 11.2 Å². The van der Waals surface area contributed by atoms with Crippen molar-refractivity contribution in [2.45, 2.75) is 6.42 Å². The van der Waals surface area contributed by atoms with Gasteiger partial charge in [-0.2, -0.15) is 0 Å². The molecule has 4 aromatic rings. The Bertz CT molecular complexity index is 1150. The van der Waals surface area contributed by atoms with Gasteiger partial charge < -0.3 is 14.3 Å². The van der Waals surface area contributed by atoms with Crippen LogP contribution in [0.5, 0.6) is 0 Å². The first-order valence-electron chi connectivity index (χ1n) is 9.89. The van der Waals surface area contributed by atoms with E-state index in [1.54, 1.807) is 6.20 Å². The van der Waals surface area contributed by atoms with Crippen molar-refractivity contribution >= 4 is 22.7 Å². The summed E-state index contributed by atoms with van der Waals surface area (Å²) in [5, 5.41) is 13.6. The lowest BCUT2D eigenvalue weighted by atomic mass is 10.1. The Morgan fingerprint density at radius 1 is 0.900 bits per heavy atom. The highest BCUT2D eigenvalue weighted by Gasteiger charge is 2.23. The number of pyridine rings is 1. The summed E-state index contributed by atoms with van der Waals surface area (Å²) in [6.45, 7) is 2.70. The molecule has 8 nitrogen and oxygen atoms in total. The Kier molecular flexibility index (Phi) is 4.80. The molecular formula is C22H20N6O2. The lowest BCUT2D eigenvalue weighted by molar-refractivity contribution is -0.130. The fraction of sp³-hybridized carbons (Fsp3) is 0.227. The summed E-state index contributed by atoms with van der Waals surface area (Å²) in [4.78, 5) is 21.1. The third-order valence-corrected chi connectivity index (χ3v) is 5.30. The van der Waals surface area contributed by atoms with Gasteiger partial charge in [-0.1, -0.05) is 23.4 Å². The van der Waals surface area contributed by atoms with Crippen molar-refractivity contribution in [3.8, 4) is 11.4 Å². The summed E-state index contributed by atoms with van der Waals surface area (Å²) in [5.74, 6) is 0.870. The number of fused-ring (bicyclic) bond motifs is 1. The maximum Gasteiger partial charge on any atom is 0.228 e. The van der Waals surface area contributed by atoms with E-state index >= 15 is 0 Å². The fourth-order valence-electron chi connectivity index (χ4n) is 3.65. The van der Waals surface area contributed by atoms with Gasteiger partial charge >= 0.3 is 0 Å². The number of piperazine rings is 1. The largest absolute Gasteiger partial charge is 0.356 e. The zero-order valence-corrected chi connectivity index (χ0v) is 16.3. The molecule has 1 saturated heterocycles. The Hall–Kier alpha value is -3.81. The number of hydrogen-bond acceptors (Lipinski definition) is 7. The molecule has 0 N–H and O–H groups in total. The highest BCUT2D eigenvalue weighted by atomic mass is 16.5. The van der Waals surface area contributed by atoms with Crippen molar-refractivity contribution in [1.82, 2.24) is 25.2 Å². The van der Waals surface area contributed by atoms with Gasteiger partial charge in [0, 0.05) is 37.8 Å². The smallest absolute Gasteiger partial charge is 0.228 e. The van der Waals surface area contributed by atoms with Gasteiger partial charge in [-0.25, -0.2) is 0 Å². The molecule has 0 bridgehead atoms. The molecule has 0 unspecified atom stereocenters. The molecule has 1 fully saturated rings. The third-order valence-electron chi connectivity index (χ3n) is 5.30. The SMILES string of the molecule is O=C(Cc1noc2ccccc12)N1CCN(c2ccc(-c3ccccn3)nn2)CC1. The second-order valence-corrected chi connectivity index (χ2v) is 7.16. The van der Waals surface area contributed by atoms with Crippen molar-refractivity contribution < 1.29 is 9.32 Å². The highest BCUT2D eigenvalue weighted by molar-refractivity contribution is 5.86. The standard InChI is InChI=1S/C22H20N6O2/c29-22(15-19-16-5-1-2-7-20(16)30-26-19)28-13-11-27(12-14-28)21-9-8-18(24-25-21)17-6-3-4-10-23-17/h1-10H,11-15H2. The Labute approximate surface area is 173 Å². The summed E-state index contributed by atoms with van der Waals surface area (Å²) in [6.07, 6.45) is 1.98. The van der Waals surface area contributed by atoms with E-state index in [-0.39, 0.29) is 12.3 Å². The zero-order valence-electron chi connectivity index (χ0n) is 16.3. The van der Waals surface area contributed by atoms with E-state index in [9.17, 15) is 4.79 Å². The number of anilines is 1. The quantitative estimate of drug-likeness (QED) is 0.520. The minimum Gasteiger partial charge on any atom is -0.356 e. The topological polar surface area (TPSA) is 88.3 Å². The minimum absolute atomic E-state index is 0.0605. The van der Waals surface area contributed by atoms with Gasteiger partial charge in [0.2, 0.25) is 5.91 Å². The zero-order chi connectivity index (χ0) is 20.3. The van der Waals surface area contributed by atoms with Crippen molar-refractivity contribution in [2.24, 2.45) is 0 Å². The lowest BCUT2D eigenvalue weighted by Gasteiger charge is -2.35. The van der Waals surface area contributed by atoms with Gasteiger partial charge in [0.15, 0.2) is 11.4 Å². The van der Waals surface area contributed by atoms with E-state index in [0.29, 0.717) is 37.5 Å². The second-order valence-electron chi connectivity index (χ2n) is 7.16. The maximum absolute atomic E-state index is 12.7. The van der Waals surface area contributed by atoms with Crippen LogP contribution in [0.15, 0.2) is 65.3 Å². The predicted molar refractivity (Wildman–Crippen MR) is 112 cm³/mol. The molecule has 30 heavy (non-hydrogen) atoms. The van der Waals surface area contributed by atoms with E-state index in [1.165, 1.54) is 0 Å². The number of rotatable bonds is 4. The van der Waals surface area contributed by atoms with E-state index in [0.717, 1.165) is 22.6 Å². The Balaban J connectivity index is 1.20. The maximum atomic E-state index is 12.7. The van der Waals surface area contributed by atoms with Crippen LogP contribution in [0.4, 0.5) is 5.82 Å². The van der Waals surface area contributed by atoms with E-state index in [1.807, 2.05) is 59.5 Å². The van der Waals surface area contributed by atoms with E-state index < -0.39 is 0 Å². The molecule has 8 heteroatoms. The van der Waals surface area contributed by atoms with Gasteiger partial charge in [0.25, 0.3) is 0 Å². The van der Waals surface area contributed by atoms with Crippen molar-refractivity contribution in [1.29, 1.82) is 0 Å². The van der Waals surface area contributed by atoms with Crippen LogP contribution in [0.3, 0.4) is 0 Å². The van der Waals surface area contributed by atoms with Gasteiger partial charge in [0.1, 0.15) is 11.4 Å². The van der Waals surface area contributed by atoms with E-state index in [4.69, 9.17) is 4.52 Å². The van der Waals surface area contributed by atoms with Crippen LogP contribution in [0.2, 0.25) is 0 Å². The average molecular weight is 400 g/mol. The first kappa shape index (κ1) is 18.2. The highest BCUT2D eigenvalue weighted by Crippen LogP contribution is 2.20. The molecule has 0 saturated carbocycles. The number of amides is 1. The first-order chi connectivity index (χ1) is 14.8. The molecule has 1 aliphatic heterocycles. The van der Waals surface area contributed by atoms with Crippen molar-refractivity contribution in [3.63, 3.8) is 0 Å². The number of aromatic nitrogens is 4. The van der Waals surface area contributed by atoms with Gasteiger partial charge in [-0.05, 0) is 36.4 Å². The molecule has 3 aromatic heterocycles. The third kappa shape index (κ3) is 3.59. The van der Waals surface area contributed by atoms with Crippen LogP contribution < -0.4 is 4.90 Å². The van der Waals surface area contributed by atoms with E-state index in [2.05, 4.69) is 25.2 Å². The summed E-state index contributed by atoms with van der Waals surface area (Å²) in [5.41, 5.74) is 2.94. The molecule has 0 radical (unpaired) electrons. The first-order valence-corrected chi connectivity index (χ1v) is 9.89. The van der Waals surface area contributed by atoms with Crippen molar-refractivity contribution in [3.05, 3.63) is 66.5 Å². The summed E-state index contributed by atoms with van der Waals surface area (Å²) in [6, 6.07) is 17.2. The number of carbonyl (C=O) groups excluding carboxylic acids is 1. The lowest BCUT2D eigenvalue weighted by Crippen LogP contribution is -2.49. The fourth-order valence-corrected chi connectivity index (χ4v) is 3.65. The molecule has 0 spiro atoms. The minimum atomic E-state index is 0.0605. The number of benzene rings is 1. The summed E-state index contributed by atoms with van der Waals surface area (Å²) < 4.78 is 5.31. The average Bonchev–Trinajstić information content (AvgIpc) is 3.23. The monoisotopic (exact) mass is 400 g/mol. The van der Waals surface area contributed by atoms with Gasteiger partial charge in [-0.15, -0.1) is 10.2 Å². The van der Waals surface area contributed by atoms with Crippen LogP contribution >= 0.6 is 0 Å². The Morgan fingerprint density at radius 3 is 2.50 bits per heavy atom. The number of para-hydroxylation sites is 1. The Morgan fingerprint density at radius 2 is 1.73 bits per heavy atom. The molecule has 5 rings (SSSR count). The normalized spacial score (nSPS) is 14.3. The molecule has 1 aromatic carbocycles. The summed E-state index contributed by atoms with van der Waals surface area (Å²) in [7, 11) is 0. The van der Waals surface area contributed by atoms with Gasteiger partial charge in [0.05, 0.1) is 12.1 Å². The number of hydrogen-bond donors (Lipinski definition) is 0. The molecule has 0 aliphatic carbocycles. The van der Waals surface area contributed by atoms with Crippen LogP contribution in [0, 0.1) is 0 Å². The van der Waals surface area contributed by atoms with Crippen molar-refractivity contribution in [2.75, 3.05) is 31.1 Å².